The van der Waals surface area contributed by atoms with E-state index in [0.29, 0.717) is 25.7 Å². The summed E-state index contributed by atoms with van der Waals surface area (Å²) in [4.78, 5) is 12.6. The van der Waals surface area contributed by atoms with E-state index in [1.165, 1.54) is 0 Å². The summed E-state index contributed by atoms with van der Waals surface area (Å²) in [6.45, 7) is 9.77. The number of rotatable bonds is 10. The monoisotopic (exact) mass is 717 g/mol. The van der Waals surface area contributed by atoms with Crippen LogP contribution in [0.4, 0.5) is 0 Å². The van der Waals surface area contributed by atoms with Gasteiger partial charge in [0.05, 0.1) is 36.3 Å². The zero-order valence-electron chi connectivity index (χ0n) is 29.4. The first-order valence-corrected chi connectivity index (χ1v) is 19.6. The van der Waals surface area contributed by atoms with Crippen molar-refractivity contribution in [3.63, 3.8) is 0 Å². The van der Waals surface area contributed by atoms with Crippen molar-refractivity contribution < 1.29 is 57.9 Å². The summed E-state index contributed by atoms with van der Waals surface area (Å²) in [6.07, 6.45) is 1.12. The van der Waals surface area contributed by atoms with Crippen molar-refractivity contribution in [3.05, 3.63) is 12.2 Å². The number of amides is 1. The molecule has 0 spiro atoms. The maximum atomic E-state index is 12.7. The Labute approximate surface area is 290 Å². The fourth-order valence-corrected chi connectivity index (χ4v) is 11.2. The van der Waals surface area contributed by atoms with E-state index in [1.807, 2.05) is 13.0 Å². The van der Waals surface area contributed by atoms with Gasteiger partial charge in [0.2, 0.25) is 5.91 Å². The Morgan fingerprint density at radius 3 is 2.31 bits per heavy atom. The standard InChI is InChI=1S/C35H59NO12S/c1-18(20(3)31(42)36-12-13-49(44,45)46)6-7-19(2)22-15-24(37)30-34(22,5)11-9-27-33(4)10-8-21(14-23(33)25(38)16-35(27,30)43)48-32-29(41)28(40)26(39)17-47-32/h6-7,18-30,32,37-41,43H,8-17H2,1-5H3,(H,36,42)(H,44,45,46). The van der Waals surface area contributed by atoms with Gasteiger partial charge in [0.25, 0.3) is 10.1 Å². The molecule has 282 valence electrons. The van der Waals surface area contributed by atoms with E-state index in [2.05, 4.69) is 32.2 Å². The summed E-state index contributed by atoms with van der Waals surface area (Å²) >= 11 is 0. The number of hydrogen-bond acceptors (Lipinski definition) is 11. The minimum Gasteiger partial charge on any atom is -0.393 e. The third-order valence-electron chi connectivity index (χ3n) is 13.7. The average molecular weight is 718 g/mol. The van der Waals surface area contributed by atoms with Crippen molar-refractivity contribution in [2.24, 2.45) is 52.3 Å². The van der Waals surface area contributed by atoms with E-state index in [1.54, 1.807) is 6.92 Å². The molecular weight excluding hydrogens is 658 g/mol. The molecule has 0 bridgehead atoms. The van der Waals surface area contributed by atoms with Crippen LogP contribution < -0.4 is 5.32 Å². The van der Waals surface area contributed by atoms with Gasteiger partial charge in [-0.2, -0.15) is 8.42 Å². The maximum Gasteiger partial charge on any atom is 0.266 e. The molecule has 5 fully saturated rings. The predicted octanol–water partition coefficient (Wildman–Crippen LogP) is 0.995. The second-order valence-corrected chi connectivity index (χ2v) is 18.2. The molecule has 1 heterocycles. The Balaban J connectivity index is 1.25. The van der Waals surface area contributed by atoms with E-state index in [0.717, 1.165) is 12.8 Å². The van der Waals surface area contributed by atoms with Gasteiger partial charge in [-0.25, -0.2) is 0 Å². The molecule has 13 nitrogen and oxygen atoms in total. The van der Waals surface area contributed by atoms with Crippen LogP contribution in [0.3, 0.4) is 0 Å². The number of allylic oxidation sites excluding steroid dienone is 2. The molecule has 49 heavy (non-hydrogen) atoms. The van der Waals surface area contributed by atoms with Crippen LogP contribution in [0.2, 0.25) is 0 Å². The Morgan fingerprint density at radius 1 is 0.959 bits per heavy atom. The highest BCUT2D eigenvalue weighted by Gasteiger charge is 2.70. The highest BCUT2D eigenvalue weighted by atomic mass is 32.2. The molecule has 1 aliphatic heterocycles. The van der Waals surface area contributed by atoms with Crippen molar-refractivity contribution in [2.75, 3.05) is 18.9 Å². The number of carbonyl (C=O) groups is 1. The Morgan fingerprint density at radius 2 is 1.63 bits per heavy atom. The third-order valence-corrected chi connectivity index (χ3v) is 14.4. The molecule has 0 aromatic rings. The van der Waals surface area contributed by atoms with Crippen LogP contribution in [-0.2, 0) is 24.4 Å². The number of carbonyl (C=O) groups excluding carboxylic acids is 1. The number of aliphatic hydroxyl groups is 6. The molecule has 8 N–H and O–H groups in total. The smallest absolute Gasteiger partial charge is 0.266 e. The van der Waals surface area contributed by atoms with Gasteiger partial charge in [0.1, 0.15) is 18.3 Å². The largest absolute Gasteiger partial charge is 0.393 e. The zero-order chi connectivity index (χ0) is 36.3. The lowest BCUT2D eigenvalue weighted by Crippen LogP contribution is -2.68. The number of hydrogen-bond donors (Lipinski definition) is 8. The van der Waals surface area contributed by atoms with Crippen LogP contribution >= 0.6 is 0 Å². The van der Waals surface area contributed by atoms with E-state index >= 15 is 0 Å². The van der Waals surface area contributed by atoms with Crippen LogP contribution in [0.25, 0.3) is 0 Å². The maximum absolute atomic E-state index is 12.7. The number of nitrogens with one attached hydrogen (secondary N) is 1. The molecule has 4 saturated carbocycles. The fraction of sp³-hybridized carbons (Fsp3) is 0.914. The average Bonchev–Trinajstić information content (AvgIpc) is 3.30. The molecule has 14 heteroatoms. The summed E-state index contributed by atoms with van der Waals surface area (Å²) in [5.74, 6) is -2.10. The van der Waals surface area contributed by atoms with Crippen molar-refractivity contribution >= 4 is 16.0 Å². The van der Waals surface area contributed by atoms with E-state index < -0.39 is 75.5 Å². The molecule has 17 atom stereocenters. The second kappa shape index (κ2) is 14.3. The first-order valence-electron chi connectivity index (χ1n) is 18.0. The number of ether oxygens (including phenoxy) is 2. The summed E-state index contributed by atoms with van der Waals surface area (Å²) in [6, 6.07) is 0. The first kappa shape index (κ1) is 39.0. The van der Waals surface area contributed by atoms with Crippen LogP contribution in [0, 0.1) is 52.3 Å². The summed E-state index contributed by atoms with van der Waals surface area (Å²) in [5, 5.41) is 68.9. The highest BCUT2D eigenvalue weighted by molar-refractivity contribution is 7.85. The molecule has 17 unspecified atom stereocenters. The normalized spacial score (nSPS) is 47.5. The molecule has 1 saturated heterocycles. The van der Waals surface area contributed by atoms with E-state index in [-0.39, 0.29) is 66.6 Å². The zero-order valence-corrected chi connectivity index (χ0v) is 30.2. The SMILES string of the molecule is CC(C=CC(C)C1CC(O)C2C1(C)CCC1C3(C)CCC(OC4OCC(O)C(O)C4O)CC3C(O)CC12O)C(C)C(=O)NCCS(=O)(=O)O. The van der Waals surface area contributed by atoms with Gasteiger partial charge in [-0.15, -0.1) is 0 Å². The van der Waals surface area contributed by atoms with E-state index in [9.17, 15) is 43.9 Å². The Bertz CT molecular complexity index is 1330. The lowest BCUT2D eigenvalue weighted by atomic mass is 9.42. The van der Waals surface area contributed by atoms with Gasteiger partial charge in [-0.1, -0.05) is 46.8 Å². The van der Waals surface area contributed by atoms with Gasteiger partial charge in [-0.05, 0) is 78.9 Å². The topological polar surface area (TPSA) is 223 Å². The quantitative estimate of drug-likeness (QED) is 0.0901. The first-order chi connectivity index (χ1) is 22.7. The lowest BCUT2D eigenvalue weighted by Gasteiger charge is -2.66. The molecule has 0 aromatic carbocycles. The fourth-order valence-electron chi connectivity index (χ4n) is 10.9. The summed E-state index contributed by atoms with van der Waals surface area (Å²) in [5.41, 5.74) is -2.07. The van der Waals surface area contributed by atoms with Crippen LogP contribution in [0.5, 0.6) is 0 Å². The highest BCUT2D eigenvalue weighted by Crippen LogP contribution is 2.69. The van der Waals surface area contributed by atoms with Gasteiger partial charge < -0.3 is 45.4 Å². The number of fused-ring (bicyclic) bond motifs is 5. The van der Waals surface area contributed by atoms with Crippen molar-refractivity contribution in [1.82, 2.24) is 5.32 Å². The Kier molecular flexibility index (Phi) is 11.4. The molecule has 1 amide bonds. The Hall–Kier alpha value is -1.20. The van der Waals surface area contributed by atoms with Crippen LogP contribution in [0.1, 0.15) is 79.6 Å². The summed E-state index contributed by atoms with van der Waals surface area (Å²) < 4.78 is 42.5. The molecule has 4 aliphatic carbocycles. The second-order valence-electron chi connectivity index (χ2n) is 16.6. The molecule has 5 aliphatic rings. The van der Waals surface area contributed by atoms with Crippen molar-refractivity contribution in [1.29, 1.82) is 0 Å². The summed E-state index contributed by atoms with van der Waals surface area (Å²) in [7, 11) is -4.16. The number of aliphatic hydroxyl groups excluding tert-OH is 5. The molecule has 5 rings (SSSR count). The van der Waals surface area contributed by atoms with Gasteiger partial charge in [0, 0.05) is 24.8 Å². The van der Waals surface area contributed by atoms with Crippen molar-refractivity contribution in [3.8, 4) is 0 Å². The molecule has 0 aromatic heterocycles. The van der Waals surface area contributed by atoms with Gasteiger partial charge in [-0.3, -0.25) is 9.35 Å². The molecule has 0 radical (unpaired) electrons. The van der Waals surface area contributed by atoms with E-state index in [4.69, 9.17) is 14.0 Å². The third kappa shape index (κ3) is 7.38. The van der Waals surface area contributed by atoms with Gasteiger partial charge >= 0.3 is 0 Å². The van der Waals surface area contributed by atoms with Crippen LogP contribution in [-0.4, -0.2) is 117 Å². The predicted molar refractivity (Wildman–Crippen MR) is 178 cm³/mol. The lowest BCUT2D eigenvalue weighted by molar-refractivity contribution is -0.300. The minimum absolute atomic E-state index is 0.0310. The molecular formula is C35H59NO12S. The van der Waals surface area contributed by atoms with Crippen LogP contribution in [0.15, 0.2) is 12.2 Å². The minimum atomic E-state index is -4.16. The van der Waals surface area contributed by atoms with Crippen molar-refractivity contribution in [2.45, 2.75) is 128 Å². The van der Waals surface area contributed by atoms with Gasteiger partial charge in [0.15, 0.2) is 6.29 Å².